The van der Waals surface area contributed by atoms with Crippen LogP contribution < -0.4 is 16.2 Å². The van der Waals surface area contributed by atoms with Crippen molar-refractivity contribution in [2.45, 2.75) is 6.18 Å². The SMILES string of the molecule is O=C(NNC(=O)c1cccc(C(F)(F)F)c1)c1cccc(NC(=O)c2ccccc2Cl)c1. The van der Waals surface area contributed by atoms with Gasteiger partial charge >= 0.3 is 6.18 Å². The van der Waals surface area contributed by atoms with Gasteiger partial charge in [0, 0.05) is 16.8 Å². The molecule has 0 saturated carbocycles. The summed E-state index contributed by atoms with van der Waals surface area (Å²) in [6.45, 7) is 0. The standard InChI is InChI=1S/C22H15ClF3N3O3/c23-18-10-2-1-9-17(18)21(32)27-16-8-4-6-14(12-16)20(31)29-28-19(30)13-5-3-7-15(11-13)22(24,25)26/h1-12H,(H,27,32)(H,28,30)(H,29,31). The first kappa shape index (κ1) is 22.8. The molecule has 3 rings (SSSR count). The number of hydrogen-bond donors (Lipinski definition) is 3. The molecule has 164 valence electrons. The Labute approximate surface area is 185 Å². The van der Waals surface area contributed by atoms with E-state index in [0.717, 1.165) is 12.1 Å². The second-order valence-electron chi connectivity index (χ2n) is 6.50. The van der Waals surface area contributed by atoms with Crippen LogP contribution in [-0.4, -0.2) is 17.7 Å². The molecular weight excluding hydrogens is 447 g/mol. The summed E-state index contributed by atoms with van der Waals surface area (Å²) in [7, 11) is 0. The van der Waals surface area contributed by atoms with Crippen LogP contribution in [0, 0.1) is 0 Å². The van der Waals surface area contributed by atoms with Crippen LogP contribution in [0.4, 0.5) is 18.9 Å². The monoisotopic (exact) mass is 461 g/mol. The number of rotatable bonds is 4. The fourth-order valence-corrected chi connectivity index (χ4v) is 2.90. The number of carbonyl (C=O) groups is 3. The van der Waals surface area contributed by atoms with E-state index in [0.29, 0.717) is 11.8 Å². The van der Waals surface area contributed by atoms with Gasteiger partial charge < -0.3 is 5.32 Å². The minimum atomic E-state index is -4.60. The lowest BCUT2D eigenvalue weighted by atomic mass is 10.1. The molecule has 0 atom stereocenters. The molecule has 0 saturated heterocycles. The highest BCUT2D eigenvalue weighted by Gasteiger charge is 2.30. The van der Waals surface area contributed by atoms with Gasteiger partial charge in [-0.15, -0.1) is 0 Å². The van der Waals surface area contributed by atoms with Crippen LogP contribution in [0.2, 0.25) is 5.02 Å². The lowest BCUT2D eigenvalue weighted by Crippen LogP contribution is -2.41. The lowest BCUT2D eigenvalue weighted by molar-refractivity contribution is -0.137. The molecule has 0 aliphatic heterocycles. The number of amides is 3. The molecule has 32 heavy (non-hydrogen) atoms. The maximum absolute atomic E-state index is 12.8. The molecule has 0 aliphatic carbocycles. The molecule has 3 aromatic rings. The van der Waals surface area contributed by atoms with Crippen molar-refractivity contribution in [3.63, 3.8) is 0 Å². The molecule has 3 N–H and O–H groups in total. The average molecular weight is 462 g/mol. The van der Waals surface area contributed by atoms with Crippen LogP contribution in [0.3, 0.4) is 0 Å². The average Bonchev–Trinajstić information content (AvgIpc) is 2.77. The third-order valence-electron chi connectivity index (χ3n) is 4.24. The van der Waals surface area contributed by atoms with Gasteiger partial charge in [-0.25, -0.2) is 0 Å². The van der Waals surface area contributed by atoms with E-state index in [1.54, 1.807) is 24.3 Å². The Kier molecular flexibility index (Phi) is 6.79. The molecular formula is C22H15ClF3N3O3. The van der Waals surface area contributed by atoms with E-state index in [9.17, 15) is 27.6 Å². The first-order valence-corrected chi connectivity index (χ1v) is 9.47. The molecule has 0 radical (unpaired) electrons. The molecule has 0 aromatic heterocycles. The number of halogens is 4. The number of hydrogen-bond acceptors (Lipinski definition) is 3. The largest absolute Gasteiger partial charge is 0.416 e. The molecule has 0 unspecified atom stereocenters. The number of carbonyl (C=O) groups excluding carboxylic acids is 3. The minimum Gasteiger partial charge on any atom is -0.322 e. The van der Waals surface area contributed by atoms with Gasteiger partial charge in [0.05, 0.1) is 16.1 Å². The summed E-state index contributed by atoms with van der Waals surface area (Å²) in [5, 5.41) is 2.87. The van der Waals surface area contributed by atoms with Gasteiger partial charge in [-0.3, -0.25) is 25.2 Å². The van der Waals surface area contributed by atoms with Crippen molar-refractivity contribution in [3.8, 4) is 0 Å². The Morgan fingerprint density at radius 3 is 1.94 bits per heavy atom. The Balaban J connectivity index is 1.64. The van der Waals surface area contributed by atoms with E-state index in [2.05, 4.69) is 16.2 Å². The van der Waals surface area contributed by atoms with E-state index in [1.807, 2.05) is 0 Å². The summed E-state index contributed by atoms with van der Waals surface area (Å²) in [4.78, 5) is 36.8. The zero-order valence-electron chi connectivity index (χ0n) is 16.2. The van der Waals surface area contributed by atoms with Crippen molar-refractivity contribution in [1.82, 2.24) is 10.9 Å². The van der Waals surface area contributed by atoms with Crippen LogP contribution in [0.1, 0.15) is 36.6 Å². The Morgan fingerprint density at radius 2 is 1.31 bits per heavy atom. The topological polar surface area (TPSA) is 87.3 Å². The quantitative estimate of drug-likeness (QED) is 0.493. The smallest absolute Gasteiger partial charge is 0.322 e. The number of nitrogens with one attached hydrogen (secondary N) is 3. The predicted octanol–water partition coefficient (Wildman–Crippen LogP) is 4.69. The number of alkyl halides is 3. The van der Waals surface area contributed by atoms with Gasteiger partial charge in [-0.1, -0.05) is 35.9 Å². The zero-order valence-corrected chi connectivity index (χ0v) is 16.9. The van der Waals surface area contributed by atoms with Gasteiger partial charge in [0.2, 0.25) is 0 Å². The molecule has 0 heterocycles. The van der Waals surface area contributed by atoms with E-state index < -0.39 is 29.5 Å². The normalized spacial score (nSPS) is 10.9. The molecule has 0 aliphatic rings. The van der Waals surface area contributed by atoms with E-state index in [1.165, 1.54) is 30.3 Å². The van der Waals surface area contributed by atoms with Crippen LogP contribution in [0.5, 0.6) is 0 Å². The van der Waals surface area contributed by atoms with Crippen molar-refractivity contribution in [3.05, 3.63) is 100 Å². The van der Waals surface area contributed by atoms with Gasteiger partial charge in [0.1, 0.15) is 0 Å². The van der Waals surface area contributed by atoms with Crippen LogP contribution in [0.25, 0.3) is 0 Å². The van der Waals surface area contributed by atoms with Gasteiger partial charge in [-0.2, -0.15) is 13.2 Å². The van der Waals surface area contributed by atoms with Crippen molar-refractivity contribution in [1.29, 1.82) is 0 Å². The fourth-order valence-electron chi connectivity index (χ4n) is 2.68. The van der Waals surface area contributed by atoms with Gasteiger partial charge in [0.25, 0.3) is 17.7 Å². The van der Waals surface area contributed by atoms with Gasteiger partial charge in [-0.05, 0) is 48.5 Å². The summed E-state index contributed by atoms with van der Waals surface area (Å²) in [6.07, 6.45) is -4.60. The third kappa shape index (κ3) is 5.64. The van der Waals surface area contributed by atoms with Crippen molar-refractivity contribution < 1.29 is 27.6 Å². The molecule has 0 spiro atoms. The highest BCUT2D eigenvalue weighted by atomic mass is 35.5. The molecule has 3 amide bonds. The highest BCUT2D eigenvalue weighted by Crippen LogP contribution is 2.29. The molecule has 6 nitrogen and oxygen atoms in total. The van der Waals surface area contributed by atoms with E-state index >= 15 is 0 Å². The first-order chi connectivity index (χ1) is 15.1. The van der Waals surface area contributed by atoms with Crippen LogP contribution >= 0.6 is 11.6 Å². The van der Waals surface area contributed by atoms with Crippen LogP contribution in [-0.2, 0) is 6.18 Å². The third-order valence-corrected chi connectivity index (χ3v) is 4.57. The number of hydrazine groups is 1. The minimum absolute atomic E-state index is 0.0892. The summed E-state index contributed by atoms with van der Waals surface area (Å²) < 4.78 is 38.4. The number of anilines is 1. The maximum atomic E-state index is 12.8. The molecule has 0 fully saturated rings. The van der Waals surface area contributed by atoms with E-state index in [4.69, 9.17) is 11.6 Å². The van der Waals surface area contributed by atoms with Crippen molar-refractivity contribution in [2.75, 3.05) is 5.32 Å². The zero-order chi connectivity index (χ0) is 23.3. The van der Waals surface area contributed by atoms with Gasteiger partial charge in [0.15, 0.2) is 0 Å². The Morgan fingerprint density at radius 1 is 0.719 bits per heavy atom. The molecule has 10 heteroatoms. The fraction of sp³-hybridized carbons (Fsp3) is 0.0455. The number of benzene rings is 3. The first-order valence-electron chi connectivity index (χ1n) is 9.09. The molecule has 0 bridgehead atoms. The summed E-state index contributed by atoms with van der Waals surface area (Å²) in [6, 6.07) is 16.0. The van der Waals surface area contributed by atoms with Crippen LogP contribution in [0.15, 0.2) is 72.8 Å². The summed E-state index contributed by atoms with van der Waals surface area (Å²) >= 11 is 6.00. The van der Waals surface area contributed by atoms with Crippen molar-refractivity contribution in [2.24, 2.45) is 0 Å². The lowest BCUT2D eigenvalue weighted by Gasteiger charge is -2.11. The highest BCUT2D eigenvalue weighted by molar-refractivity contribution is 6.34. The second kappa shape index (κ2) is 9.52. The van der Waals surface area contributed by atoms with E-state index in [-0.39, 0.29) is 21.7 Å². The second-order valence-corrected chi connectivity index (χ2v) is 6.91. The summed E-state index contributed by atoms with van der Waals surface area (Å²) in [5.74, 6) is -2.14. The molecule has 3 aromatic carbocycles. The van der Waals surface area contributed by atoms with Crippen molar-refractivity contribution >= 4 is 35.0 Å². The maximum Gasteiger partial charge on any atom is 0.416 e. The Bertz CT molecular complexity index is 1180. The Hall–Kier alpha value is -3.85. The summed E-state index contributed by atoms with van der Waals surface area (Å²) in [5.41, 5.74) is 3.55. The predicted molar refractivity (Wildman–Crippen MR) is 112 cm³/mol.